The maximum atomic E-state index is 5.91. The number of hydrogen-bond acceptors (Lipinski definition) is 3. The van der Waals surface area contributed by atoms with Gasteiger partial charge in [0, 0.05) is 11.6 Å². The highest BCUT2D eigenvalue weighted by atomic mass is 32.1. The van der Waals surface area contributed by atoms with Crippen LogP contribution in [0.25, 0.3) is 0 Å². The summed E-state index contributed by atoms with van der Waals surface area (Å²) in [5, 5.41) is 2.83. The minimum Gasteiger partial charge on any atom is -0.390 e. The van der Waals surface area contributed by atoms with Crippen LogP contribution in [0.15, 0.2) is 11.4 Å². The van der Waals surface area contributed by atoms with Crippen molar-refractivity contribution < 1.29 is 0 Å². The molecular weight excluding hydrogens is 156 g/mol. The van der Waals surface area contributed by atoms with E-state index in [4.69, 9.17) is 11.5 Å². The van der Waals surface area contributed by atoms with Crippen LogP contribution in [0.5, 0.6) is 0 Å². The summed E-state index contributed by atoms with van der Waals surface area (Å²) in [6.07, 6.45) is 0. The molecule has 1 aromatic rings. The Morgan fingerprint density at radius 3 is 2.45 bits per heavy atom. The largest absolute Gasteiger partial charge is 0.390 e. The number of nitrogens with two attached hydrogens (primary N) is 2. The molecule has 0 aromatic carbocycles. The van der Waals surface area contributed by atoms with Gasteiger partial charge in [-0.2, -0.15) is 0 Å². The van der Waals surface area contributed by atoms with Crippen molar-refractivity contribution in [3.63, 3.8) is 0 Å². The summed E-state index contributed by atoms with van der Waals surface area (Å²) in [6, 6.07) is 2.09. The molecule has 0 amide bonds. The van der Waals surface area contributed by atoms with E-state index in [1.54, 1.807) is 11.3 Å². The van der Waals surface area contributed by atoms with E-state index in [1.807, 2.05) is 11.4 Å². The van der Waals surface area contributed by atoms with Crippen molar-refractivity contribution in [1.82, 2.24) is 0 Å². The second kappa shape index (κ2) is 3.24. The molecule has 1 atom stereocenters. The predicted molar refractivity (Wildman–Crippen MR) is 50.5 cm³/mol. The van der Waals surface area contributed by atoms with Crippen molar-refractivity contribution in [3.05, 3.63) is 17.0 Å². The lowest BCUT2D eigenvalue weighted by Crippen LogP contribution is -2.16. The van der Waals surface area contributed by atoms with Gasteiger partial charge < -0.3 is 11.5 Å². The molecule has 0 saturated carbocycles. The molecule has 1 aromatic heterocycles. The van der Waals surface area contributed by atoms with Crippen molar-refractivity contribution in [3.8, 4) is 0 Å². The Kier molecular flexibility index (Phi) is 2.52. The number of hydrogen-bond donors (Lipinski definition) is 2. The van der Waals surface area contributed by atoms with E-state index in [1.165, 1.54) is 0 Å². The Morgan fingerprint density at radius 1 is 1.45 bits per heavy atom. The van der Waals surface area contributed by atoms with Crippen LogP contribution in [-0.2, 0) is 0 Å². The standard InChI is InChI=1S/C8H14N2S/c1-5(2)7(9)6-3-4-11-8(6)10/h3-5,7H,9-10H2,1-2H3/t7-/m1/s1. The molecule has 1 heterocycles. The molecule has 62 valence electrons. The fourth-order valence-corrected chi connectivity index (χ4v) is 1.67. The van der Waals surface area contributed by atoms with Gasteiger partial charge in [-0.05, 0) is 17.4 Å². The Balaban J connectivity index is 2.84. The first-order chi connectivity index (χ1) is 5.13. The normalized spacial score (nSPS) is 13.8. The Hall–Kier alpha value is -0.540. The zero-order valence-electron chi connectivity index (χ0n) is 6.87. The summed E-state index contributed by atoms with van der Waals surface area (Å²) < 4.78 is 0. The molecule has 3 heteroatoms. The molecule has 0 aliphatic carbocycles. The highest BCUT2D eigenvalue weighted by Gasteiger charge is 2.13. The molecule has 2 nitrogen and oxygen atoms in total. The lowest BCUT2D eigenvalue weighted by Gasteiger charge is -2.14. The van der Waals surface area contributed by atoms with Gasteiger partial charge in [0.05, 0.1) is 5.00 Å². The summed E-state index contributed by atoms with van der Waals surface area (Å²) in [6.45, 7) is 4.20. The van der Waals surface area contributed by atoms with Crippen LogP contribution in [0.1, 0.15) is 25.5 Å². The van der Waals surface area contributed by atoms with E-state index in [9.17, 15) is 0 Å². The Labute approximate surface area is 71.2 Å². The van der Waals surface area contributed by atoms with E-state index in [0.29, 0.717) is 5.92 Å². The highest BCUT2D eigenvalue weighted by molar-refractivity contribution is 7.14. The van der Waals surface area contributed by atoms with Crippen LogP contribution >= 0.6 is 11.3 Å². The molecule has 0 aliphatic rings. The van der Waals surface area contributed by atoms with Crippen LogP contribution in [-0.4, -0.2) is 0 Å². The molecular formula is C8H14N2S. The molecule has 0 bridgehead atoms. The molecule has 0 unspecified atom stereocenters. The second-order valence-electron chi connectivity index (χ2n) is 3.01. The van der Waals surface area contributed by atoms with E-state index >= 15 is 0 Å². The van der Waals surface area contributed by atoms with Crippen molar-refractivity contribution in [2.24, 2.45) is 11.7 Å². The van der Waals surface area contributed by atoms with Crippen molar-refractivity contribution >= 4 is 16.3 Å². The molecule has 0 aliphatic heterocycles. The molecule has 0 saturated heterocycles. The summed E-state index contributed by atoms with van der Waals surface area (Å²) in [5.41, 5.74) is 12.7. The molecule has 0 fully saturated rings. The lowest BCUT2D eigenvalue weighted by molar-refractivity contribution is 0.516. The maximum absolute atomic E-state index is 5.91. The van der Waals surface area contributed by atoms with Crippen molar-refractivity contribution in [2.75, 3.05) is 5.73 Å². The highest BCUT2D eigenvalue weighted by Crippen LogP contribution is 2.28. The number of rotatable bonds is 2. The first-order valence-corrected chi connectivity index (χ1v) is 4.59. The van der Waals surface area contributed by atoms with Crippen molar-refractivity contribution in [1.29, 1.82) is 0 Å². The van der Waals surface area contributed by atoms with Crippen LogP contribution in [0.3, 0.4) is 0 Å². The number of anilines is 1. The van der Waals surface area contributed by atoms with E-state index in [-0.39, 0.29) is 6.04 Å². The second-order valence-corrected chi connectivity index (χ2v) is 3.96. The summed E-state index contributed by atoms with van der Waals surface area (Å²) in [4.78, 5) is 0. The molecule has 0 spiro atoms. The zero-order valence-corrected chi connectivity index (χ0v) is 7.69. The fourth-order valence-electron chi connectivity index (χ4n) is 0.965. The molecule has 0 radical (unpaired) electrons. The van der Waals surface area contributed by atoms with Gasteiger partial charge in [-0.1, -0.05) is 13.8 Å². The van der Waals surface area contributed by atoms with Gasteiger partial charge in [0.25, 0.3) is 0 Å². The minimum atomic E-state index is 0.0845. The number of thiophene rings is 1. The number of nitrogen functional groups attached to an aromatic ring is 1. The minimum absolute atomic E-state index is 0.0845. The van der Waals surface area contributed by atoms with Gasteiger partial charge in [-0.25, -0.2) is 0 Å². The average Bonchev–Trinajstić information content (AvgIpc) is 2.33. The zero-order chi connectivity index (χ0) is 8.43. The van der Waals surface area contributed by atoms with Crippen LogP contribution in [0.2, 0.25) is 0 Å². The van der Waals surface area contributed by atoms with Gasteiger partial charge in [0.15, 0.2) is 0 Å². The average molecular weight is 170 g/mol. The third-order valence-corrected chi connectivity index (χ3v) is 2.57. The Morgan fingerprint density at radius 2 is 2.09 bits per heavy atom. The molecule has 1 rings (SSSR count). The Bertz CT molecular complexity index is 230. The van der Waals surface area contributed by atoms with Gasteiger partial charge in [0.2, 0.25) is 0 Å². The topological polar surface area (TPSA) is 52.0 Å². The SMILES string of the molecule is CC(C)[C@@H](N)c1ccsc1N. The summed E-state index contributed by atoms with van der Waals surface area (Å²) in [5.74, 6) is 0.451. The van der Waals surface area contributed by atoms with Crippen LogP contribution in [0.4, 0.5) is 5.00 Å². The third kappa shape index (κ3) is 1.73. The fraction of sp³-hybridized carbons (Fsp3) is 0.500. The summed E-state index contributed by atoms with van der Waals surface area (Å²) in [7, 11) is 0. The maximum Gasteiger partial charge on any atom is 0.0904 e. The van der Waals surface area contributed by atoms with Gasteiger partial charge in [-0.15, -0.1) is 11.3 Å². The molecule has 11 heavy (non-hydrogen) atoms. The van der Waals surface area contributed by atoms with Crippen LogP contribution in [0, 0.1) is 5.92 Å². The van der Waals surface area contributed by atoms with Crippen molar-refractivity contribution in [2.45, 2.75) is 19.9 Å². The lowest BCUT2D eigenvalue weighted by atomic mass is 9.99. The van der Waals surface area contributed by atoms with Gasteiger partial charge in [-0.3, -0.25) is 0 Å². The predicted octanol–water partition coefficient (Wildman–Crippen LogP) is 1.99. The smallest absolute Gasteiger partial charge is 0.0904 e. The first-order valence-electron chi connectivity index (χ1n) is 3.71. The summed E-state index contributed by atoms with van der Waals surface area (Å²) >= 11 is 1.55. The quantitative estimate of drug-likeness (QED) is 0.713. The van der Waals surface area contributed by atoms with Gasteiger partial charge in [0.1, 0.15) is 0 Å². The van der Waals surface area contributed by atoms with Gasteiger partial charge >= 0.3 is 0 Å². The van der Waals surface area contributed by atoms with E-state index in [2.05, 4.69) is 13.8 Å². The third-order valence-electron chi connectivity index (χ3n) is 1.80. The van der Waals surface area contributed by atoms with Crippen LogP contribution < -0.4 is 11.5 Å². The monoisotopic (exact) mass is 170 g/mol. The van der Waals surface area contributed by atoms with E-state index in [0.717, 1.165) is 10.6 Å². The van der Waals surface area contributed by atoms with E-state index < -0.39 is 0 Å². The first kappa shape index (κ1) is 8.56. The molecule has 4 N–H and O–H groups in total.